The Balaban J connectivity index is 2.58. The van der Waals surface area contributed by atoms with Crippen molar-refractivity contribution in [2.45, 2.75) is 19.4 Å². The van der Waals surface area contributed by atoms with Gasteiger partial charge in [-0.15, -0.1) is 0 Å². The molecule has 0 aliphatic rings. The van der Waals surface area contributed by atoms with Gasteiger partial charge in [-0.1, -0.05) is 6.92 Å². The highest BCUT2D eigenvalue weighted by Gasteiger charge is 2.05. The van der Waals surface area contributed by atoms with Crippen LogP contribution in [-0.2, 0) is 4.79 Å². The van der Waals surface area contributed by atoms with Crippen LogP contribution in [0.3, 0.4) is 0 Å². The van der Waals surface area contributed by atoms with Gasteiger partial charge in [-0.25, -0.2) is 4.98 Å². The summed E-state index contributed by atoms with van der Waals surface area (Å²) in [6.45, 7) is 1.98. The monoisotopic (exact) mass is 238 g/mol. The predicted octanol–water partition coefficient (Wildman–Crippen LogP) is 0.162. The smallest absolute Gasteiger partial charge is 0.238 e. The third-order valence-corrected chi connectivity index (χ3v) is 2.30. The van der Waals surface area contributed by atoms with Crippen LogP contribution in [0.25, 0.3) is 0 Å². The SMILES string of the molecule is CCC(CO)Nc1ccc(NC(=O)CN)cn1. The molecule has 1 unspecified atom stereocenters. The largest absolute Gasteiger partial charge is 0.394 e. The van der Waals surface area contributed by atoms with Crippen molar-refractivity contribution in [1.82, 2.24) is 4.98 Å². The second kappa shape index (κ2) is 6.82. The lowest BCUT2D eigenvalue weighted by Gasteiger charge is -2.14. The molecule has 0 aliphatic heterocycles. The number of aliphatic hydroxyl groups is 1. The fraction of sp³-hybridized carbons (Fsp3) is 0.455. The summed E-state index contributed by atoms with van der Waals surface area (Å²) in [6, 6.07) is 3.46. The van der Waals surface area contributed by atoms with Gasteiger partial charge < -0.3 is 21.5 Å². The molecule has 17 heavy (non-hydrogen) atoms. The normalized spacial score (nSPS) is 11.9. The second-order valence-corrected chi connectivity index (χ2v) is 3.62. The first kappa shape index (κ1) is 13.4. The number of aromatic nitrogens is 1. The summed E-state index contributed by atoms with van der Waals surface area (Å²) in [5.41, 5.74) is 5.78. The molecule has 6 nitrogen and oxygen atoms in total. The summed E-state index contributed by atoms with van der Waals surface area (Å²) in [5.74, 6) is 0.408. The average Bonchev–Trinajstić information content (AvgIpc) is 2.37. The number of hydrogen-bond acceptors (Lipinski definition) is 5. The Labute approximate surface area is 100 Å². The highest BCUT2D eigenvalue weighted by Crippen LogP contribution is 2.11. The fourth-order valence-corrected chi connectivity index (χ4v) is 1.25. The molecule has 0 aliphatic carbocycles. The van der Waals surface area contributed by atoms with Crippen LogP contribution in [-0.4, -0.2) is 35.2 Å². The number of aliphatic hydroxyl groups excluding tert-OH is 1. The van der Waals surface area contributed by atoms with E-state index in [9.17, 15) is 4.79 Å². The number of pyridine rings is 1. The summed E-state index contributed by atoms with van der Waals surface area (Å²) in [7, 11) is 0. The molecule has 1 atom stereocenters. The van der Waals surface area contributed by atoms with Crippen molar-refractivity contribution in [2.24, 2.45) is 5.73 Å². The van der Waals surface area contributed by atoms with Gasteiger partial charge in [-0.05, 0) is 18.6 Å². The van der Waals surface area contributed by atoms with Gasteiger partial charge in [0.2, 0.25) is 5.91 Å². The quantitative estimate of drug-likeness (QED) is 0.565. The Morgan fingerprint density at radius 3 is 2.82 bits per heavy atom. The first-order valence-corrected chi connectivity index (χ1v) is 5.53. The Morgan fingerprint density at radius 1 is 1.59 bits per heavy atom. The number of rotatable bonds is 6. The molecule has 94 valence electrons. The zero-order valence-corrected chi connectivity index (χ0v) is 9.81. The lowest BCUT2D eigenvalue weighted by Crippen LogP contribution is -2.23. The van der Waals surface area contributed by atoms with E-state index < -0.39 is 0 Å². The lowest BCUT2D eigenvalue weighted by molar-refractivity contribution is -0.114. The molecule has 0 saturated carbocycles. The minimum atomic E-state index is -0.255. The van der Waals surface area contributed by atoms with E-state index in [1.54, 1.807) is 18.3 Å². The number of amides is 1. The van der Waals surface area contributed by atoms with Gasteiger partial charge in [0.1, 0.15) is 5.82 Å². The van der Waals surface area contributed by atoms with Crippen molar-refractivity contribution in [3.63, 3.8) is 0 Å². The topological polar surface area (TPSA) is 100 Å². The van der Waals surface area contributed by atoms with Crippen molar-refractivity contribution in [3.8, 4) is 0 Å². The number of carbonyl (C=O) groups is 1. The number of hydrogen-bond donors (Lipinski definition) is 4. The van der Waals surface area contributed by atoms with Gasteiger partial charge in [-0.2, -0.15) is 0 Å². The van der Waals surface area contributed by atoms with Gasteiger partial charge in [0.05, 0.1) is 31.1 Å². The maximum absolute atomic E-state index is 11.0. The number of carbonyl (C=O) groups excluding carboxylic acids is 1. The maximum atomic E-state index is 11.0. The third-order valence-electron chi connectivity index (χ3n) is 2.30. The number of nitrogens with one attached hydrogen (secondary N) is 2. The Kier molecular flexibility index (Phi) is 5.38. The summed E-state index contributed by atoms with van der Waals surface area (Å²) < 4.78 is 0. The van der Waals surface area contributed by atoms with Crippen molar-refractivity contribution in [2.75, 3.05) is 23.8 Å². The minimum Gasteiger partial charge on any atom is -0.394 e. The molecule has 0 fully saturated rings. The molecular weight excluding hydrogens is 220 g/mol. The fourth-order valence-electron chi connectivity index (χ4n) is 1.25. The van der Waals surface area contributed by atoms with Crippen molar-refractivity contribution in [1.29, 1.82) is 0 Å². The van der Waals surface area contributed by atoms with E-state index in [2.05, 4.69) is 15.6 Å². The molecule has 5 N–H and O–H groups in total. The van der Waals surface area contributed by atoms with Crippen LogP contribution in [0, 0.1) is 0 Å². The van der Waals surface area contributed by atoms with E-state index >= 15 is 0 Å². The first-order chi connectivity index (χ1) is 8.19. The summed E-state index contributed by atoms with van der Waals surface area (Å²) >= 11 is 0. The van der Waals surface area contributed by atoms with Crippen LogP contribution in [0.2, 0.25) is 0 Å². The Hall–Kier alpha value is -1.66. The van der Waals surface area contributed by atoms with E-state index in [1.807, 2.05) is 6.92 Å². The lowest BCUT2D eigenvalue weighted by atomic mass is 10.2. The van der Waals surface area contributed by atoms with Gasteiger partial charge in [-0.3, -0.25) is 4.79 Å². The predicted molar refractivity (Wildman–Crippen MR) is 66.7 cm³/mol. The zero-order valence-electron chi connectivity index (χ0n) is 9.81. The van der Waals surface area contributed by atoms with Crippen LogP contribution in [0.5, 0.6) is 0 Å². The summed E-state index contributed by atoms with van der Waals surface area (Å²) in [5, 5.41) is 14.7. The van der Waals surface area contributed by atoms with Gasteiger partial charge >= 0.3 is 0 Å². The van der Waals surface area contributed by atoms with E-state index in [0.717, 1.165) is 6.42 Å². The Morgan fingerprint density at radius 2 is 2.35 bits per heavy atom. The standard InChI is InChI=1S/C11H18N4O2/c1-2-8(7-16)14-10-4-3-9(6-13-10)15-11(17)5-12/h3-4,6,8,16H,2,5,7,12H2,1H3,(H,13,14)(H,15,17). The highest BCUT2D eigenvalue weighted by molar-refractivity contribution is 5.91. The summed E-state index contributed by atoms with van der Waals surface area (Å²) in [6.07, 6.45) is 2.35. The van der Waals surface area contributed by atoms with Crippen molar-refractivity contribution >= 4 is 17.4 Å². The summed E-state index contributed by atoms with van der Waals surface area (Å²) in [4.78, 5) is 15.1. The second-order valence-electron chi connectivity index (χ2n) is 3.62. The molecule has 0 saturated heterocycles. The Bertz CT molecular complexity index is 349. The molecule has 1 heterocycles. The number of nitrogens with zero attached hydrogens (tertiary/aromatic N) is 1. The molecule has 0 spiro atoms. The average molecular weight is 238 g/mol. The van der Waals surface area contributed by atoms with E-state index in [0.29, 0.717) is 11.5 Å². The van der Waals surface area contributed by atoms with Crippen molar-refractivity contribution in [3.05, 3.63) is 18.3 Å². The zero-order chi connectivity index (χ0) is 12.7. The van der Waals surface area contributed by atoms with Crippen LogP contribution < -0.4 is 16.4 Å². The van der Waals surface area contributed by atoms with Crippen LogP contribution in [0.4, 0.5) is 11.5 Å². The van der Waals surface area contributed by atoms with Gasteiger partial charge in [0.25, 0.3) is 0 Å². The number of anilines is 2. The molecule has 1 aromatic rings. The first-order valence-electron chi connectivity index (χ1n) is 5.53. The van der Waals surface area contributed by atoms with Crippen LogP contribution in [0.1, 0.15) is 13.3 Å². The number of nitrogens with two attached hydrogens (primary N) is 1. The molecule has 0 aromatic carbocycles. The third kappa shape index (κ3) is 4.38. The minimum absolute atomic E-state index is 0.00742. The van der Waals surface area contributed by atoms with Crippen LogP contribution >= 0.6 is 0 Å². The molecule has 1 aromatic heterocycles. The van der Waals surface area contributed by atoms with Gasteiger partial charge in [0.15, 0.2) is 0 Å². The van der Waals surface area contributed by atoms with E-state index in [4.69, 9.17) is 10.8 Å². The molecule has 0 radical (unpaired) electrons. The van der Waals surface area contributed by atoms with E-state index in [-0.39, 0.29) is 25.1 Å². The van der Waals surface area contributed by atoms with Crippen LogP contribution in [0.15, 0.2) is 18.3 Å². The highest BCUT2D eigenvalue weighted by atomic mass is 16.3. The molecule has 1 amide bonds. The molecule has 6 heteroatoms. The van der Waals surface area contributed by atoms with Gasteiger partial charge in [0, 0.05) is 0 Å². The molecule has 1 rings (SSSR count). The maximum Gasteiger partial charge on any atom is 0.238 e. The molecular formula is C11H18N4O2. The van der Waals surface area contributed by atoms with Crippen molar-refractivity contribution < 1.29 is 9.90 Å². The van der Waals surface area contributed by atoms with E-state index in [1.165, 1.54) is 0 Å². The molecule has 0 bridgehead atoms.